The van der Waals surface area contributed by atoms with Gasteiger partial charge in [0.25, 0.3) is 0 Å². The lowest BCUT2D eigenvalue weighted by Gasteiger charge is -2.33. The van der Waals surface area contributed by atoms with Crippen molar-refractivity contribution < 1.29 is 9.53 Å². The summed E-state index contributed by atoms with van der Waals surface area (Å²) in [6.07, 6.45) is 0. The predicted octanol–water partition coefficient (Wildman–Crippen LogP) is 3.76. The number of hydrogen-bond acceptors (Lipinski definition) is 7. The van der Waals surface area contributed by atoms with E-state index in [1.807, 2.05) is 19.1 Å². The van der Waals surface area contributed by atoms with Crippen molar-refractivity contribution in [1.82, 2.24) is 14.9 Å². The van der Waals surface area contributed by atoms with Crippen molar-refractivity contribution in [2.45, 2.75) is 6.92 Å². The van der Waals surface area contributed by atoms with E-state index in [4.69, 9.17) is 21.3 Å². The van der Waals surface area contributed by atoms with Crippen LogP contribution < -0.4 is 4.90 Å². The fraction of sp³-hybridized carbons (Fsp3) is 0.333. The van der Waals surface area contributed by atoms with Crippen LogP contribution in [0.4, 0.5) is 10.8 Å². The molecule has 4 rings (SSSR count). The number of carbonyl (C=O) groups is 1. The average Bonchev–Trinajstić information content (AvgIpc) is 3.09. The molecule has 1 aliphatic rings. The molecule has 8 heteroatoms. The molecular weight excluding hydrogens is 386 g/mol. The number of methoxy groups -OCH3 is 1. The third kappa shape index (κ3) is 3.55. The van der Waals surface area contributed by atoms with Crippen LogP contribution in [0.2, 0.25) is 0 Å². The minimum atomic E-state index is -0.373. The molecule has 148 valence electrons. The zero-order chi connectivity index (χ0) is 20.5. The van der Waals surface area contributed by atoms with Crippen molar-refractivity contribution in [3.05, 3.63) is 46.8 Å². The smallest absolute Gasteiger partial charge is 0.337 e. The molecule has 3 heterocycles. The normalized spacial score (nSPS) is 14.8. The van der Waals surface area contributed by atoms with Gasteiger partial charge in [0.15, 0.2) is 5.82 Å². The molecule has 0 spiro atoms. The summed E-state index contributed by atoms with van der Waals surface area (Å²) >= 11 is 1.41. The molecule has 0 N–H and O–H groups in total. The Morgan fingerprint density at radius 1 is 1.17 bits per heavy atom. The van der Waals surface area contributed by atoms with Gasteiger partial charge in [-0.2, -0.15) is 0 Å². The summed E-state index contributed by atoms with van der Waals surface area (Å²) in [5.41, 5.74) is 2.26. The van der Waals surface area contributed by atoms with Crippen molar-refractivity contribution in [3.8, 4) is 11.4 Å². The zero-order valence-corrected chi connectivity index (χ0v) is 17.4. The second-order valence-electron chi connectivity index (χ2n) is 7.05. The summed E-state index contributed by atoms with van der Waals surface area (Å²) in [6, 6.07) is 7.10. The summed E-state index contributed by atoms with van der Waals surface area (Å²) in [7, 11) is 3.48. The Kier molecular flexibility index (Phi) is 5.18. The number of rotatable bonds is 3. The highest BCUT2D eigenvalue weighted by Gasteiger charge is 2.23. The number of benzene rings is 1. The Morgan fingerprint density at radius 3 is 2.48 bits per heavy atom. The fourth-order valence-electron chi connectivity index (χ4n) is 3.46. The van der Waals surface area contributed by atoms with Gasteiger partial charge in [-0.05, 0) is 31.7 Å². The molecule has 3 aromatic rings. The van der Waals surface area contributed by atoms with E-state index in [0.717, 1.165) is 53.3 Å². The van der Waals surface area contributed by atoms with E-state index >= 15 is 0 Å². The molecule has 0 aliphatic carbocycles. The molecule has 29 heavy (non-hydrogen) atoms. The highest BCUT2D eigenvalue weighted by atomic mass is 32.1. The number of ether oxygens (including phenoxy) is 1. The first-order valence-electron chi connectivity index (χ1n) is 9.32. The van der Waals surface area contributed by atoms with Crippen molar-refractivity contribution in [3.63, 3.8) is 0 Å². The Labute approximate surface area is 173 Å². The van der Waals surface area contributed by atoms with Crippen LogP contribution in [0.5, 0.6) is 0 Å². The van der Waals surface area contributed by atoms with Gasteiger partial charge in [-0.15, -0.1) is 11.3 Å². The van der Waals surface area contributed by atoms with Gasteiger partial charge in [0.05, 0.1) is 19.2 Å². The van der Waals surface area contributed by atoms with Crippen molar-refractivity contribution >= 4 is 38.3 Å². The van der Waals surface area contributed by atoms with E-state index in [1.165, 1.54) is 18.4 Å². The number of nitrogens with zero attached hydrogens (tertiary/aromatic N) is 5. The van der Waals surface area contributed by atoms with Gasteiger partial charge in [0, 0.05) is 37.1 Å². The maximum Gasteiger partial charge on any atom is 0.337 e. The van der Waals surface area contributed by atoms with Crippen LogP contribution in [-0.4, -0.2) is 61.2 Å². The number of carbonyl (C=O) groups excluding carboxylic acids is 1. The number of aryl methyl sites for hydroxylation is 1. The third-order valence-electron chi connectivity index (χ3n) is 5.21. The van der Waals surface area contributed by atoms with Crippen molar-refractivity contribution in [2.75, 3.05) is 45.2 Å². The van der Waals surface area contributed by atoms with Crippen LogP contribution in [0.15, 0.2) is 24.3 Å². The van der Waals surface area contributed by atoms with Crippen molar-refractivity contribution in [2.24, 2.45) is 0 Å². The number of likely N-dealkylation sites (N-methyl/N-ethyl adjacent to an activating group) is 1. The van der Waals surface area contributed by atoms with Gasteiger partial charge in [0.2, 0.25) is 5.00 Å². The fourth-order valence-corrected chi connectivity index (χ4v) is 4.42. The Balaban J connectivity index is 1.83. The van der Waals surface area contributed by atoms with Crippen LogP contribution in [0.25, 0.3) is 26.4 Å². The van der Waals surface area contributed by atoms with Crippen LogP contribution in [0, 0.1) is 13.5 Å². The topological polar surface area (TPSA) is 62.9 Å². The Morgan fingerprint density at radius 2 is 1.86 bits per heavy atom. The van der Waals surface area contributed by atoms with Gasteiger partial charge >= 0.3 is 5.97 Å². The first-order valence-corrected chi connectivity index (χ1v) is 10.1. The van der Waals surface area contributed by atoms with E-state index in [1.54, 1.807) is 12.1 Å². The molecule has 1 aliphatic heterocycles. The van der Waals surface area contributed by atoms with E-state index < -0.39 is 0 Å². The lowest BCUT2D eigenvalue weighted by atomic mass is 10.1. The lowest BCUT2D eigenvalue weighted by molar-refractivity contribution is 0.0601. The summed E-state index contributed by atoms with van der Waals surface area (Å²) < 4.78 is 4.77. The van der Waals surface area contributed by atoms with Gasteiger partial charge in [-0.3, -0.25) is 0 Å². The second kappa shape index (κ2) is 7.78. The average molecular weight is 407 g/mol. The third-order valence-corrected chi connectivity index (χ3v) is 6.29. The van der Waals surface area contributed by atoms with Crippen LogP contribution in [0.1, 0.15) is 15.9 Å². The molecule has 0 unspecified atom stereocenters. The molecule has 1 saturated heterocycles. The second-order valence-corrected chi connectivity index (χ2v) is 8.03. The number of anilines is 1. The molecule has 2 aromatic heterocycles. The predicted molar refractivity (Wildman–Crippen MR) is 115 cm³/mol. The minimum Gasteiger partial charge on any atom is -0.465 e. The summed E-state index contributed by atoms with van der Waals surface area (Å²) in [5.74, 6) is 1.11. The number of aromatic nitrogens is 2. The molecule has 7 nitrogen and oxygen atoms in total. The molecule has 0 bridgehead atoms. The van der Waals surface area contributed by atoms with Gasteiger partial charge in [-0.1, -0.05) is 12.1 Å². The van der Waals surface area contributed by atoms with Gasteiger partial charge < -0.3 is 14.5 Å². The van der Waals surface area contributed by atoms with E-state index in [-0.39, 0.29) is 5.97 Å². The Hall–Kier alpha value is -3.02. The highest BCUT2D eigenvalue weighted by Crippen LogP contribution is 2.41. The summed E-state index contributed by atoms with van der Waals surface area (Å²) in [6.45, 7) is 13.1. The number of thiophene rings is 1. The number of fused-ring (bicyclic) bond motifs is 1. The number of esters is 1. The van der Waals surface area contributed by atoms with Crippen LogP contribution in [0.3, 0.4) is 0 Å². The largest absolute Gasteiger partial charge is 0.465 e. The molecule has 0 amide bonds. The maximum absolute atomic E-state index is 11.7. The summed E-state index contributed by atoms with van der Waals surface area (Å²) in [5, 5.41) is 1.63. The first kappa shape index (κ1) is 19.3. The molecule has 0 radical (unpaired) electrons. The minimum absolute atomic E-state index is 0.373. The monoisotopic (exact) mass is 407 g/mol. The van der Waals surface area contributed by atoms with Gasteiger partial charge in [0.1, 0.15) is 10.6 Å². The summed E-state index contributed by atoms with van der Waals surface area (Å²) in [4.78, 5) is 30.4. The van der Waals surface area contributed by atoms with E-state index in [9.17, 15) is 4.79 Å². The van der Waals surface area contributed by atoms with E-state index in [0.29, 0.717) is 16.4 Å². The van der Waals surface area contributed by atoms with Crippen LogP contribution in [-0.2, 0) is 4.74 Å². The number of hydrogen-bond donors (Lipinski definition) is 0. The molecular formula is C21H21N5O2S. The highest BCUT2D eigenvalue weighted by molar-refractivity contribution is 7.22. The standard InChI is InChI=1S/C21H21N5O2S/c1-13-16-18(26-11-9-25(3)10-12-26)23-17(24-20(16)29-19(13)22-2)14-5-7-15(8-6-14)21(27)28-4/h5-8H,9-12H2,1,3-4H3. The van der Waals surface area contributed by atoms with Gasteiger partial charge in [-0.25, -0.2) is 19.6 Å². The quantitative estimate of drug-likeness (QED) is 0.487. The number of piperazine rings is 1. The molecule has 0 atom stereocenters. The SMILES string of the molecule is [C-]#[N+]c1sc2nc(-c3ccc(C(=O)OC)cc3)nc(N3CCN(C)CC3)c2c1C. The van der Waals surface area contributed by atoms with E-state index in [2.05, 4.69) is 21.7 Å². The molecule has 1 fully saturated rings. The molecule has 1 aromatic carbocycles. The first-order chi connectivity index (χ1) is 14.0. The maximum atomic E-state index is 11.7. The molecule has 0 saturated carbocycles. The Bertz CT molecular complexity index is 1110. The zero-order valence-electron chi connectivity index (χ0n) is 16.6. The van der Waals surface area contributed by atoms with Crippen LogP contribution >= 0.6 is 11.3 Å². The lowest BCUT2D eigenvalue weighted by Crippen LogP contribution is -2.45. The van der Waals surface area contributed by atoms with Crippen molar-refractivity contribution in [1.29, 1.82) is 0 Å².